The van der Waals surface area contributed by atoms with E-state index < -0.39 is 88.3 Å². The van der Waals surface area contributed by atoms with E-state index >= 15 is 0 Å². The molecular formula is C50H90F6O4Si4. The molecule has 0 unspecified atom stereocenters. The third-order valence-electron chi connectivity index (χ3n) is 15.0. The van der Waals surface area contributed by atoms with E-state index in [4.69, 9.17) is 25.9 Å². The third kappa shape index (κ3) is 14.4. The maximum Gasteiger partial charge on any atom is 0.429 e. The third-order valence-corrected chi connectivity index (χ3v) is 25.9. The number of hydrogen-bond acceptors (Lipinski definition) is 4. The zero-order valence-electron chi connectivity index (χ0n) is 48.6. The quantitative estimate of drug-likeness (QED) is 0.0827. The van der Waals surface area contributed by atoms with Crippen molar-refractivity contribution in [2.45, 2.75) is 244 Å². The maximum absolute atomic E-state index is 14.7. The second-order valence-electron chi connectivity index (χ2n) is 24.6. The lowest BCUT2D eigenvalue weighted by Gasteiger charge is -2.46. The summed E-state index contributed by atoms with van der Waals surface area (Å²) in [7, 11) is -10.7. The van der Waals surface area contributed by atoms with Crippen molar-refractivity contribution in [3.05, 3.63) is 47.6 Å². The number of fused-ring (bicyclic) bond motifs is 1. The van der Waals surface area contributed by atoms with Crippen LogP contribution in [-0.2, 0) is 17.7 Å². The van der Waals surface area contributed by atoms with Crippen molar-refractivity contribution in [1.29, 1.82) is 0 Å². The van der Waals surface area contributed by atoms with Crippen LogP contribution >= 0.6 is 0 Å². The predicted molar refractivity (Wildman–Crippen MR) is 266 cm³/mol. The molecular weight excluding hydrogens is 891 g/mol. The van der Waals surface area contributed by atoms with Crippen LogP contribution in [0.5, 0.6) is 0 Å². The predicted octanol–water partition coefficient (Wildman–Crippen LogP) is 17.3. The van der Waals surface area contributed by atoms with Crippen molar-refractivity contribution in [3.63, 3.8) is 0 Å². The van der Waals surface area contributed by atoms with Crippen LogP contribution in [0.15, 0.2) is 47.6 Å². The van der Waals surface area contributed by atoms with E-state index in [1.807, 2.05) is 0 Å². The summed E-state index contributed by atoms with van der Waals surface area (Å²) in [6.45, 7) is 32.0. The molecule has 3 aliphatic carbocycles. The number of alkyl halides is 6. The van der Waals surface area contributed by atoms with Crippen molar-refractivity contribution in [2.75, 3.05) is 0 Å². The minimum absolute atomic E-state index is 0.000343. The number of allylic oxidation sites excluding steroid dienone is 4. The van der Waals surface area contributed by atoms with Crippen molar-refractivity contribution in [2.24, 2.45) is 23.2 Å². The second-order valence-corrected chi connectivity index (χ2v) is 43.0. The fourth-order valence-electron chi connectivity index (χ4n) is 9.88. The van der Waals surface area contributed by atoms with Gasteiger partial charge in [-0.1, -0.05) is 85.3 Å². The van der Waals surface area contributed by atoms with Crippen molar-refractivity contribution in [1.82, 2.24) is 0 Å². The molecule has 3 rings (SSSR count). The molecule has 14 heteroatoms. The van der Waals surface area contributed by atoms with E-state index in [1.165, 1.54) is 25.2 Å². The SMILES string of the molecule is [2H]C([2H])([2H])C(CCC[C@H](C/C=C\C(O[Si](C)(C)C)(C(F)(F)F)C(F)(F)F)[C@H]1CC[C@H]2/C(=C/C=C3/C[C@@H](O[Si](C)(C)C(C)(C)C)C[C@H](O[Si](C)(C)C(C)(C)C)C3=C)CCC[C@]12C)(O[Si](C)(C)C)C([2H])([2H])[2H]. The number of halogens is 6. The van der Waals surface area contributed by atoms with Gasteiger partial charge in [0, 0.05) is 14.6 Å². The lowest BCUT2D eigenvalue weighted by atomic mass is 9.60. The van der Waals surface area contributed by atoms with E-state index in [9.17, 15) is 26.3 Å². The molecule has 0 aromatic heterocycles. The molecule has 4 nitrogen and oxygen atoms in total. The number of rotatable bonds is 17. The van der Waals surface area contributed by atoms with Crippen LogP contribution in [0.4, 0.5) is 26.3 Å². The minimum Gasteiger partial charge on any atom is -0.413 e. The molecule has 0 radical (unpaired) electrons. The van der Waals surface area contributed by atoms with Crippen LogP contribution in [0.1, 0.15) is 141 Å². The minimum atomic E-state index is -5.82. The topological polar surface area (TPSA) is 36.9 Å². The van der Waals surface area contributed by atoms with Gasteiger partial charge in [-0.05, 0) is 187 Å². The summed E-state index contributed by atoms with van der Waals surface area (Å²) in [6, 6.07) is 0. The van der Waals surface area contributed by atoms with Gasteiger partial charge in [0.05, 0.1) is 17.8 Å². The van der Waals surface area contributed by atoms with Gasteiger partial charge >= 0.3 is 12.4 Å². The smallest absolute Gasteiger partial charge is 0.413 e. The van der Waals surface area contributed by atoms with Gasteiger partial charge in [0.25, 0.3) is 5.60 Å². The maximum atomic E-state index is 14.7. The molecule has 372 valence electrons. The molecule has 0 spiro atoms. The second kappa shape index (κ2) is 19.9. The summed E-state index contributed by atoms with van der Waals surface area (Å²) in [5.41, 5.74) is -4.21. The lowest BCUT2D eigenvalue weighted by molar-refractivity contribution is -0.340. The Morgan fingerprint density at radius 2 is 1.34 bits per heavy atom. The molecule has 0 aromatic rings. The Bertz CT molecular complexity index is 1870. The molecule has 0 N–H and O–H groups in total. The fraction of sp³-hybridized carbons (Fsp3) is 0.840. The van der Waals surface area contributed by atoms with Crippen molar-refractivity contribution in [3.8, 4) is 0 Å². The molecule has 0 bridgehead atoms. The Morgan fingerprint density at radius 1 is 0.797 bits per heavy atom. The Kier molecular flexibility index (Phi) is 15.0. The van der Waals surface area contributed by atoms with E-state index in [0.717, 1.165) is 42.9 Å². The van der Waals surface area contributed by atoms with Gasteiger partial charge in [0.15, 0.2) is 33.3 Å². The van der Waals surface area contributed by atoms with E-state index in [2.05, 4.69) is 93.4 Å². The zero-order valence-corrected chi connectivity index (χ0v) is 46.6. The van der Waals surface area contributed by atoms with Gasteiger partial charge in [0.1, 0.15) is 0 Å². The van der Waals surface area contributed by atoms with Crippen LogP contribution in [0.3, 0.4) is 0 Å². The lowest BCUT2D eigenvalue weighted by Crippen LogP contribution is -2.61. The summed E-state index contributed by atoms with van der Waals surface area (Å²) in [5.74, 6) is -0.652. The standard InChI is InChI=1S/C50H90F6O4Si4/c1-36-39(34-40(57-63(17,18)44(2,3)4)35-43(36)58-64(19,20)45(5,6)7)28-27-38-25-22-32-47(10)41(29-30-42(38)47)37(24-21-31-46(8,9)59-61(11,12)13)26-23-33-48(49(51,52)53,50(54,55)56)60-62(14,15)16/h23,27-28,33,37,40-43H,1,21-22,24-26,29-32,34-35H2,2-20H3/b33-23-,38-27+,39-28-/t37-,40-,41-,42+,43+,47-/m1/s1/i8D3,9D3. The van der Waals surface area contributed by atoms with E-state index in [0.29, 0.717) is 19.3 Å². The summed E-state index contributed by atoms with van der Waals surface area (Å²) in [5, 5.41) is -0.0252. The van der Waals surface area contributed by atoms with Crippen LogP contribution in [-0.4, -0.2) is 69.0 Å². The highest BCUT2D eigenvalue weighted by atomic mass is 28.4. The Balaban J connectivity index is 2.16. The molecule has 0 saturated heterocycles. The Hall–Kier alpha value is -0.752. The molecule has 3 fully saturated rings. The van der Waals surface area contributed by atoms with Crippen LogP contribution in [0.25, 0.3) is 0 Å². The zero-order chi connectivity index (χ0) is 54.6. The molecule has 0 aromatic carbocycles. The van der Waals surface area contributed by atoms with Crippen LogP contribution in [0, 0.1) is 23.2 Å². The summed E-state index contributed by atoms with van der Waals surface area (Å²) in [6.07, 6.45) is -1.67. The van der Waals surface area contributed by atoms with Gasteiger partial charge in [0.2, 0.25) is 0 Å². The first-order valence-corrected chi connectivity index (χ1v) is 36.3. The van der Waals surface area contributed by atoms with E-state index in [1.54, 1.807) is 19.6 Å². The summed E-state index contributed by atoms with van der Waals surface area (Å²) in [4.78, 5) is 0. The monoisotopic (exact) mass is 987 g/mol. The first kappa shape index (κ1) is 48.3. The highest BCUT2D eigenvalue weighted by molar-refractivity contribution is 6.74. The van der Waals surface area contributed by atoms with Crippen molar-refractivity contribution < 1.29 is 52.3 Å². The molecule has 3 saturated carbocycles. The van der Waals surface area contributed by atoms with Crippen molar-refractivity contribution >= 4 is 33.3 Å². The highest BCUT2D eigenvalue weighted by Gasteiger charge is 2.71. The van der Waals surface area contributed by atoms with Gasteiger partial charge in [-0.2, -0.15) is 26.3 Å². The molecule has 3 aliphatic rings. The molecule has 0 aliphatic heterocycles. The van der Waals surface area contributed by atoms with E-state index in [-0.39, 0.29) is 59.5 Å². The first-order valence-electron chi connectivity index (χ1n) is 26.6. The largest absolute Gasteiger partial charge is 0.429 e. The van der Waals surface area contributed by atoms with Crippen LogP contribution in [0.2, 0.25) is 75.5 Å². The molecule has 64 heavy (non-hydrogen) atoms. The first-order chi connectivity index (χ1) is 31.0. The number of hydrogen-bond donors (Lipinski definition) is 0. The Labute approximate surface area is 399 Å². The normalized spacial score (nSPS) is 29.0. The molecule has 0 heterocycles. The molecule has 0 amide bonds. The van der Waals surface area contributed by atoms with Gasteiger partial charge < -0.3 is 17.7 Å². The van der Waals surface area contributed by atoms with Gasteiger partial charge in [-0.3, -0.25) is 0 Å². The average Bonchev–Trinajstić information content (AvgIpc) is 3.47. The Morgan fingerprint density at radius 3 is 1.84 bits per heavy atom. The van der Waals surface area contributed by atoms with Gasteiger partial charge in [-0.15, -0.1) is 0 Å². The van der Waals surface area contributed by atoms with Crippen LogP contribution < -0.4 is 0 Å². The van der Waals surface area contributed by atoms with Gasteiger partial charge in [-0.25, -0.2) is 0 Å². The highest BCUT2D eigenvalue weighted by Crippen LogP contribution is 2.61. The molecule has 6 atom stereocenters. The average molecular weight is 988 g/mol. The summed E-state index contributed by atoms with van der Waals surface area (Å²) >= 11 is 0. The fourth-order valence-corrected chi connectivity index (χ4v) is 15.0. The summed E-state index contributed by atoms with van der Waals surface area (Å²) < 4.78 is 164.